The average Bonchev–Trinajstić information content (AvgIpc) is 3.24. The number of anilines is 1. The lowest BCUT2D eigenvalue weighted by molar-refractivity contribution is -0.138. The summed E-state index contributed by atoms with van der Waals surface area (Å²) in [6.45, 7) is 11.7. The number of hydrogen-bond donors (Lipinski definition) is 6. The van der Waals surface area contributed by atoms with Gasteiger partial charge in [-0.3, -0.25) is 28.9 Å². The minimum atomic E-state index is -0.985. The summed E-state index contributed by atoms with van der Waals surface area (Å²) in [4.78, 5) is 76.4. The molecular weight excluding hydrogens is 808 g/mol. The van der Waals surface area contributed by atoms with Crippen molar-refractivity contribution in [3.05, 3.63) is 38.8 Å². The van der Waals surface area contributed by atoms with Crippen LogP contribution in [0.3, 0.4) is 0 Å². The van der Waals surface area contributed by atoms with Gasteiger partial charge in [0.25, 0.3) is 11.8 Å². The van der Waals surface area contributed by atoms with E-state index in [1.54, 1.807) is 38.1 Å². The Kier molecular flexibility index (Phi) is 17.9. The van der Waals surface area contributed by atoms with Crippen molar-refractivity contribution in [1.29, 1.82) is 0 Å². The number of hydrogen-bond acceptors (Lipinski definition) is 9. The van der Waals surface area contributed by atoms with Gasteiger partial charge in [-0.1, -0.05) is 26.0 Å². The zero-order chi connectivity index (χ0) is 39.2. The summed E-state index contributed by atoms with van der Waals surface area (Å²) in [5, 5.41) is 20.0. The van der Waals surface area contributed by atoms with E-state index in [1.165, 1.54) is 0 Å². The predicted octanol–water partition coefficient (Wildman–Crippen LogP) is 3.32. The number of rotatable bonds is 22. The number of carbonyl (C=O) groups excluding carboxylic acids is 6. The lowest BCUT2D eigenvalue weighted by Gasteiger charge is -2.31. The predicted molar refractivity (Wildman–Crippen MR) is 202 cm³/mol. The Morgan fingerprint density at radius 1 is 0.885 bits per heavy atom. The highest BCUT2D eigenvalue weighted by molar-refractivity contribution is 9.14. The van der Waals surface area contributed by atoms with Crippen LogP contribution in [0.25, 0.3) is 0 Å². The normalized spacial score (nSPS) is 14.8. The molecule has 1 aliphatic rings. The summed E-state index contributed by atoms with van der Waals surface area (Å²) >= 11 is 6.26. The fraction of sp³-hybridized carbons (Fsp3) is 0.600. The molecule has 1 aromatic rings. The van der Waals surface area contributed by atoms with E-state index in [2.05, 4.69) is 53.1 Å². The van der Waals surface area contributed by atoms with Gasteiger partial charge in [0.05, 0.1) is 37.4 Å². The molecule has 52 heavy (non-hydrogen) atoms. The van der Waals surface area contributed by atoms with E-state index in [4.69, 9.17) is 15.2 Å². The third kappa shape index (κ3) is 14.9. The molecule has 0 aromatic heterocycles. The van der Waals surface area contributed by atoms with Crippen LogP contribution in [0.4, 0.5) is 10.5 Å². The molecule has 2 rings (SSSR count). The number of ether oxygens (including phenoxy) is 2. The van der Waals surface area contributed by atoms with E-state index in [0.29, 0.717) is 37.1 Å². The quantitative estimate of drug-likeness (QED) is 0.0744. The zero-order valence-corrected chi connectivity index (χ0v) is 33.8. The van der Waals surface area contributed by atoms with Crippen molar-refractivity contribution in [2.45, 2.75) is 104 Å². The van der Waals surface area contributed by atoms with E-state index < -0.39 is 58.9 Å². The van der Waals surface area contributed by atoms with E-state index in [0.717, 1.165) is 4.90 Å². The second-order valence-electron chi connectivity index (χ2n) is 14.0. The molecule has 0 saturated carbocycles. The fourth-order valence-electron chi connectivity index (χ4n) is 4.99. The van der Waals surface area contributed by atoms with Crippen LogP contribution in [0.15, 0.2) is 33.2 Å². The van der Waals surface area contributed by atoms with Crippen molar-refractivity contribution < 1.29 is 43.3 Å². The molecule has 7 N–H and O–H groups in total. The average molecular weight is 861 g/mol. The number of nitrogens with zero attached hydrogens (tertiary/aromatic N) is 1. The highest BCUT2D eigenvalue weighted by Gasteiger charge is 2.37. The van der Waals surface area contributed by atoms with Crippen LogP contribution < -0.4 is 27.0 Å². The van der Waals surface area contributed by atoms with Gasteiger partial charge >= 0.3 is 6.03 Å². The molecule has 0 spiro atoms. The van der Waals surface area contributed by atoms with Crippen molar-refractivity contribution in [1.82, 2.24) is 20.9 Å². The molecule has 1 aliphatic heterocycles. The number of aliphatic hydroxyl groups excluding tert-OH is 1. The Hall–Kier alpha value is -3.38. The lowest BCUT2D eigenvalue weighted by atomic mass is 10.0. The minimum absolute atomic E-state index is 0.0180. The summed E-state index contributed by atoms with van der Waals surface area (Å²) in [7, 11) is 0. The standard InChI is InChI=1S/C35H52Br2N6O9/c1-21(2)28(30(47)41-24(8-7-16-39-33(38)50)29(46)40-23-11-9-22(20-44)10-12-23)42-25(45)13-18-51-35(5,6)15-19-52-34(3,4)14-17-43-31(48)26(36)27(37)32(43)49/h9-12,21,24,28,44H,7-8,13-20H2,1-6H3,(H,40,46)(H,41,47)(H,42,45)(H3,38,39,50)/t24-,28?/m0/s1. The second kappa shape index (κ2) is 20.8. The molecule has 1 unspecified atom stereocenters. The number of primary amides is 1. The minimum Gasteiger partial charge on any atom is -0.392 e. The molecule has 1 aromatic carbocycles. The largest absolute Gasteiger partial charge is 0.392 e. The first-order chi connectivity index (χ1) is 24.3. The first-order valence-corrected chi connectivity index (χ1v) is 18.7. The van der Waals surface area contributed by atoms with Crippen LogP contribution in [-0.2, 0) is 40.1 Å². The van der Waals surface area contributed by atoms with Gasteiger partial charge in [0.1, 0.15) is 21.0 Å². The topological polar surface area (TPSA) is 218 Å². The van der Waals surface area contributed by atoms with Gasteiger partial charge in [0, 0.05) is 18.8 Å². The highest BCUT2D eigenvalue weighted by atomic mass is 79.9. The Morgan fingerprint density at radius 2 is 1.46 bits per heavy atom. The van der Waals surface area contributed by atoms with Crippen LogP contribution in [0.2, 0.25) is 0 Å². The number of imide groups is 1. The van der Waals surface area contributed by atoms with E-state index in [-0.39, 0.29) is 54.0 Å². The van der Waals surface area contributed by atoms with E-state index >= 15 is 0 Å². The number of halogens is 2. The fourth-order valence-corrected chi connectivity index (χ4v) is 5.76. The third-order valence-corrected chi connectivity index (χ3v) is 10.3. The van der Waals surface area contributed by atoms with Gasteiger partial charge < -0.3 is 41.6 Å². The van der Waals surface area contributed by atoms with Crippen LogP contribution in [0.1, 0.15) is 79.2 Å². The molecule has 17 heteroatoms. The van der Waals surface area contributed by atoms with Gasteiger partial charge in [-0.05, 0) is 109 Å². The molecule has 7 amide bonds. The second-order valence-corrected chi connectivity index (χ2v) is 15.6. The number of benzene rings is 1. The number of aliphatic hydroxyl groups is 1. The Balaban J connectivity index is 1.87. The first kappa shape index (κ1) is 44.8. The van der Waals surface area contributed by atoms with Crippen LogP contribution >= 0.6 is 31.9 Å². The zero-order valence-electron chi connectivity index (χ0n) is 30.6. The van der Waals surface area contributed by atoms with Gasteiger partial charge in [0.2, 0.25) is 17.7 Å². The summed E-state index contributed by atoms with van der Waals surface area (Å²) in [6.07, 6.45) is 1.43. The number of amides is 7. The molecule has 2 atom stereocenters. The molecule has 0 saturated heterocycles. The summed E-state index contributed by atoms with van der Waals surface area (Å²) in [6, 6.07) is 3.95. The number of urea groups is 1. The smallest absolute Gasteiger partial charge is 0.312 e. The molecule has 1 heterocycles. The van der Waals surface area contributed by atoms with Crippen molar-refractivity contribution >= 4 is 73.1 Å². The summed E-state index contributed by atoms with van der Waals surface area (Å²) in [5.74, 6) is -2.54. The maximum atomic E-state index is 13.4. The Labute approximate surface area is 321 Å². The highest BCUT2D eigenvalue weighted by Crippen LogP contribution is 2.30. The lowest BCUT2D eigenvalue weighted by Crippen LogP contribution is -2.54. The van der Waals surface area contributed by atoms with Crippen molar-refractivity contribution in [2.24, 2.45) is 11.7 Å². The number of nitrogens with two attached hydrogens (primary N) is 1. The van der Waals surface area contributed by atoms with Crippen molar-refractivity contribution in [3.8, 4) is 0 Å². The maximum absolute atomic E-state index is 13.4. The maximum Gasteiger partial charge on any atom is 0.312 e. The number of carbonyl (C=O) groups is 6. The van der Waals surface area contributed by atoms with E-state index in [1.807, 2.05) is 27.7 Å². The molecular formula is C35H52Br2N6O9. The number of nitrogens with one attached hydrogen (secondary N) is 4. The first-order valence-electron chi connectivity index (χ1n) is 17.1. The Bertz CT molecular complexity index is 1440. The van der Waals surface area contributed by atoms with Gasteiger partial charge in [0.15, 0.2) is 0 Å². The third-order valence-electron chi connectivity index (χ3n) is 8.29. The summed E-state index contributed by atoms with van der Waals surface area (Å²) < 4.78 is 12.5. The van der Waals surface area contributed by atoms with E-state index in [9.17, 15) is 33.9 Å². The summed E-state index contributed by atoms with van der Waals surface area (Å²) in [5.41, 5.74) is 5.00. The van der Waals surface area contributed by atoms with Crippen molar-refractivity contribution in [3.63, 3.8) is 0 Å². The monoisotopic (exact) mass is 858 g/mol. The molecule has 0 radical (unpaired) electrons. The van der Waals surface area contributed by atoms with Crippen molar-refractivity contribution in [2.75, 3.05) is 31.6 Å². The molecule has 15 nitrogen and oxygen atoms in total. The van der Waals surface area contributed by atoms with Crippen LogP contribution in [-0.4, -0.2) is 95.2 Å². The van der Waals surface area contributed by atoms with Gasteiger partial charge in [-0.2, -0.15) is 0 Å². The molecule has 0 fully saturated rings. The van der Waals surface area contributed by atoms with Gasteiger partial charge in [-0.25, -0.2) is 4.79 Å². The Morgan fingerprint density at radius 3 is 2.02 bits per heavy atom. The van der Waals surface area contributed by atoms with Gasteiger partial charge in [-0.15, -0.1) is 0 Å². The van der Waals surface area contributed by atoms with Crippen LogP contribution in [0.5, 0.6) is 0 Å². The molecule has 290 valence electrons. The SMILES string of the molecule is CC(C)C(NC(=O)CCOC(C)(C)CCOC(C)(C)CCN1C(=O)C(Br)=C(Br)C1=O)C(=O)N[C@@H](CCCNC(N)=O)C(=O)Nc1ccc(CO)cc1. The molecule has 0 bridgehead atoms. The van der Waals surface area contributed by atoms with Crippen LogP contribution in [0, 0.1) is 5.92 Å². The molecule has 0 aliphatic carbocycles.